The van der Waals surface area contributed by atoms with Crippen molar-refractivity contribution in [3.8, 4) is 0 Å². The van der Waals surface area contributed by atoms with Crippen molar-refractivity contribution >= 4 is 5.97 Å². The van der Waals surface area contributed by atoms with Gasteiger partial charge in [-0.1, -0.05) is 33.1 Å². The lowest BCUT2D eigenvalue weighted by Crippen LogP contribution is -2.15. The van der Waals surface area contributed by atoms with Crippen molar-refractivity contribution in [3.05, 3.63) is 0 Å². The zero-order valence-electron chi connectivity index (χ0n) is 9.33. The highest BCUT2D eigenvalue weighted by Gasteiger charge is 2.22. The van der Waals surface area contributed by atoms with Gasteiger partial charge in [-0.25, -0.2) is 0 Å². The SMILES string of the molecule is CC1CCCCC(C(=O)O)CCC1C. The Morgan fingerprint density at radius 2 is 1.57 bits per heavy atom. The third-order valence-corrected chi connectivity index (χ3v) is 3.75. The predicted molar refractivity (Wildman–Crippen MR) is 57.2 cm³/mol. The number of carboxylic acid groups (broad SMARTS) is 1. The van der Waals surface area contributed by atoms with Crippen LogP contribution in [0, 0.1) is 17.8 Å². The summed E-state index contributed by atoms with van der Waals surface area (Å²) < 4.78 is 0. The molecule has 3 unspecified atom stereocenters. The van der Waals surface area contributed by atoms with Crippen molar-refractivity contribution in [3.63, 3.8) is 0 Å². The molecule has 0 aromatic carbocycles. The number of hydrogen-bond donors (Lipinski definition) is 1. The van der Waals surface area contributed by atoms with Gasteiger partial charge in [0.05, 0.1) is 5.92 Å². The molecule has 0 aromatic rings. The molecule has 1 saturated carbocycles. The molecule has 0 amide bonds. The fraction of sp³-hybridized carbons (Fsp3) is 0.917. The van der Waals surface area contributed by atoms with Gasteiger partial charge in [0.2, 0.25) is 0 Å². The van der Waals surface area contributed by atoms with E-state index in [1.165, 1.54) is 12.8 Å². The first-order chi connectivity index (χ1) is 6.61. The highest BCUT2D eigenvalue weighted by atomic mass is 16.4. The van der Waals surface area contributed by atoms with Gasteiger partial charge in [0, 0.05) is 0 Å². The van der Waals surface area contributed by atoms with E-state index in [0.29, 0.717) is 5.92 Å². The lowest BCUT2D eigenvalue weighted by molar-refractivity contribution is -0.142. The molecule has 2 heteroatoms. The molecule has 14 heavy (non-hydrogen) atoms. The minimum absolute atomic E-state index is 0.0808. The lowest BCUT2D eigenvalue weighted by Gasteiger charge is -2.18. The van der Waals surface area contributed by atoms with Crippen LogP contribution in [0.5, 0.6) is 0 Å². The predicted octanol–water partition coefficient (Wildman–Crippen LogP) is 3.31. The molecule has 0 aromatic heterocycles. The molecule has 0 aliphatic heterocycles. The summed E-state index contributed by atoms with van der Waals surface area (Å²) in [5.74, 6) is 0.784. The van der Waals surface area contributed by atoms with Gasteiger partial charge in [-0.05, 0) is 31.1 Å². The molecular weight excluding hydrogens is 176 g/mol. The first kappa shape index (κ1) is 11.5. The standard InChI is InChI=1S/C12H22O2/c1-9-5-3-4-6-11(12(13)14)8-7-10(9)2/h9-11H,3-8H2,1-2H3,(H,13,14). The minimum atomic E-state index is -0.591. The van der Waals surface area contributed by atoms with E-state index in [0.717, 1.165) is 31.6 Å². The molecule has 0 saturated heterocycles. The minimum Gasteiger partial charge on any atom is -0.481 e. The third-order valence-electron chi connectivity index (χ3n) is 3.75. The monoisotopic (exact) mass is 198 g/mol. The largest absolute Gasteiger partial charge is 0.481 e. The Labute approximate surface area is 86.7 Å². The van der Waals surface area contributed by atoms with Crippen LogP contribution in [0.4, 0.5) is 0 Å². The molecule has 82 valence electrons. The smallest absolute Gasteiger partial charge is 0.306 e. The highest BCUT2D eigenvalue weighted by molar-refractivity contribution is 5.69. The van der Waals surface area contributed by atoms with Crippen LogP contribution in [-0.4, -0.2) is 11.1 Å². The van der Waals surface area contributed by atoms with E-state index in [4.69, 9.17) is 5.11 Å². The number of carboxylic acids is 1. The van der Waals surface area contributed by atoms with E-state index < -0.39 is 5.97 Å². The van der Waals surface area contributed by atoms with Gasteiger partial charge in [-0.2, -0.15) is 0 Å². The molecule has 0 heterocycles. The third kappa shape index (κ3) is 3.32. The molecule has 1 aliphatic rings. The highest BCUT2D eigenvalue weighted by Crippen LogP contribution is 2.29. The van der Waals surface area contributed by atoms with Crippen LogP contribution in [0.1, 0.15) is 52.4 Å². The average molecular weight is 198 g/mol. The summed E-state index contributed by atoms with van der Waals surface area (Å²) >= 11 is 0. The van der Waals surface area contributed by atoms with Crippen LogP contribution in [0.15, 0.2) is 0 Å². The number of rotatable bonds is 1. The molecule has 3 atom stereocenters. The van der Waals surface area contributed by atoms with Crippen molar-refractivity contribution in [1.82, 2.24) is 0 Å². The Morgan fingerprint density at radius 3 is 2.21 bits per heavy atom. The van der Waals surface area contributed by atoms with Crippen molar-refractivity contribution in [1.29, 1.82) is 0 Å². The maximum atomic E-state index is 10.9. The molecule has 1 fully saturated rings. The van der Waals surface area contributed by atoms with Gasteiger partial charge < -0.3 is 5.11 Å². The molecule has 2 nitrogen and oxygen atoms in total. The Kier molecular flexibility index (Phi) is 4.43. The van der Waals surface area contributed by atoms with E-state index in [1.54, 1.807) is 0 Å². The Hall–Kier alpha value is -0.530. The second-order valence-electron chi connectivity index (χ2n) is 4.85. The number of carbonyl (C=O) groups is 1. The van der Waals surface area contributed by atoms with Gasteiger partial charge in [0.25, 0.3) is 0 Å². The van der Waals surface area contributed by atoms with E-state index in [9.17, 15) is 4.79 Å². The molecule has 0 bridgehead atoms. The summed E-state index contributed by atoms with van der Waals surface area (Å²) in [4.78, 5) is 10.9. The molecule has 1 aliphatic carbocycles. The Bertz CT molecular complexity index is 189. The van der Waals surface area contributed by atoms with Crippen LogP contribution in [-0.2, 0) is 4.79 Å². The van der Waals surface area contributed by atoms with Gasteiger partial charge in [-0.15, -0.1) is 0 Å². The van der Waals surface area contributed by atoms with Gasteiger partial charge >= 0.3 is 5.97 Å². The van der Waals surface area contributed by atoms with E-state index in [1.807, 2.05) is 0 Å². The van der Waals surface area contributed by atoms with Crippen molar-refractivity contribution in [2.24, 2.45) is 17.8 Å². The van der Waals surface area contributed by atoms with E-state index in [2.05, 4.69) is 13.8 Å². The first-order valence-corrected chi connectivity index (χ1v) is 5.84. The summed E-state index contributed by atoms with van der Waals surface area (Å²) in [6, 6.07) is 0. The lowest BCUT2D eigenvalue weighted by atomic mass is 9.87. The molecular formula is C12H22O2. The normalized spacial score (nSPS) is 35.4. The van der Waals surface area contributed by atoms with Crippen LogP contribution in [0.25, 0.3) is 0 Å². The van der Waals surface area contributed by atoms with Gasteiger partial charge in [0.15, 0.2) is 0 Å². The van der Waals surface area contributed by atoms with Gasteiger partial charge in [-0.3, -0.25) is 4.79 Å². The van der Waals surface area contributed by atoms with Crippen LogP contribution in [0.2, 0.25) is 0 Å². The summed E-state index contributed by atoms with van der Waals surface area (Å²) in [6.45, 7) is 4.56. The fourth-order valence-electron chi connectivity index (χ4n) is 2.28. The quantitative estimate of drug-likeness (QED) is 0.701. The molecule has 1 N–H and O–H groups in total. The number of hydrogen-bond acceptors (Lipinski definition) is 1. The number of aliphatic carboxylic acids is 1. The summed E-state index contributed by atoms with van der Waals surface area (Å²) in [5, 5.41) is 9.00. The van der Waals surface area contributed by atoms with E-state index >= 15 is 0 Å². The van der Waals surface area contributed by atoms with Crippen LogP contribution < -0.4 is 0 Å². The second-order valence-corrected chi connectivity index (χ2v) is 4.85. The summed E-state index contributed by atoms with van der Waals surface area (Å²) in [5.41, 5.74) is 0. The maximum Gasteiger partial charge on any atom is 0.306 e. The van der Waals surface area contributed by atoms with Crippen LogP contribution in [0.3, 0.4) is 0 Å². The molecule has 0 radical (unpaired) electrons. The Balaban J connectivity index is 2.50. The zero-order valence-corrected chi connectivity index (χ0v) is 9.33. The van der Waals surface area contributed by atoms with Crippen molar-refractivity contribution in [2.75, 3.05) is 0 Å². The summed E-state index contributed by atoms with van der Waals surface area (Å²) in [6.07, 6.45) is 6.41. The zero-order chi connectivity index (χ0) is 10.6. The maximum absolute atomic E-state index is 10.9. The average Bonchev–Trinajstić information content (AvgIpc) is 2.20. The topological polar surface area (TPSA) is 37.3 Å². The molecule has 1 rings (SSSR count). The second kappa shape index (κ2) is 5.38. The van der Waals surface area contributed by atoms with E-state index in [-0.39, 0.29) is 5.92 Å². The summed E-state index contributed by atoms with van der Waals surface area (Å²) in [7, 11) is 0. The Morgan fingerprint density at radius 1 is 1.00 bits per heavy atom. The van der Waals surface area contributed by atoms with Crippen molar-refractivity contribution in [2.45, 2.75) is 52.4 Å². The fourth-order valence-corrected chi connectivity index (χ4v) is 2.28. The van der Waals surface area contributed by atoms with Gasteiger partial charge in [0.1, 0.15) is 0 Å². The van der Waals surface area contributed by atoms with Crippen LogP contribution >= 0.6 is 0 Å². The first-order valence-electron chi connectivity index (χ1n) is 5.84. The van der Waals surface area contributed by atoms with Crippen molar-refractivity contribution < 1.29 is 9.90 Å². The molecule has 0 spiro atoms.